The summed E-state index contributed by atoms with van der Waals surface area (Å²) < 4.78 is 10.1. The van der Waals surface area contributed by atoms with Gasteiger partial charge in [-0.05, 0) is 37.6 Å². The van der Waals surface area contributed by atoms with Gasteiger partial charge in [0.1, 0.15) is 5.92 Å². The predicted molar refractivity (Wildman–Crippen MR) is 101 cm³/mol. The molecule has 0 amide bonds. The second kappa shape index (κ2) is 7.68. The Labute approximate surface area is 162 Å². The standard InChI is InChI=1S/C20H23NO5S/c1-5-26-20(24)15-11(3)21-12-9-10(2)14(19(23)25-4)18(22)16(12)17(15)13-7-6-8-27-13/h6-8,10,14,17,21H,5,9H2,1-4H3/t10-,14+,17-/m0/s1. The third-order valence-corrected chi connectivity index (χ3v) is 6.00. The van der Waals surface area contributed by atoms with Crippen molar-refractivity contribution < 1.29 is 23.9 Å². The summed E-state index contributed by atoms with van der Waals surface area (Å²) in [6, 6.07) is 3.78. The van der Waals surface area contributed by atoms with Gasteiger partial charge in [0.25, 0.3) is 0 Å². The zero-order chi connectivity index (χ0) is 19.7. The van der Waals surface area contributed by atoms with E-state index < -0.39 is 23.8 Å². The Bertz CT molecular complexity index is 837. The van der Waals surface area contributed by atoms with Crippen LogP contribution < -0.4 is 5.32 Å². The molecule has 0 unspecified atom stereocenters. The fraction of sp³-hybridized carbons (Fsp3) is 0.450. The van der Waals surface area contributed by atoms with E-state index in [4.69, 9.17) is 9.47 Å². The number of hydrogen-bond acceptors (Lipinski definition) is 7. The van der Waals surface area contributed by atoms with E-state index in [0.29, 0.717) is 23.3 Å². The third kappa shape index (κ3) is 3.32. The molecule has 0 saturated carbocycles. The number of dihydropyridines is 1. The zero-order valence-electron chi connectivity index (χ0n) is 15.8. The van der Waals surface area contributed by atoms with Crippen molar-refractivity contribution in [2.45, 2.75) is 33.1 Å². The minimum Gasteiger partial charge on any atom is -0.468 e. The number of thiophene rings is 1. The van der Waals surface area contributed by atoms with Crippen LogP contribution in [0.4, 0.5) is 0 Å². The number of methoxy groups -OCH3 is 1. The first kappa shape index (κ1) is 19.4. The summed E-state index contributed by atoms with van der Waals surface area (Å²) in [6.45, 7) is 5.67. The van der Waals surface area contributed by atoms with Gasteiger partial charge in [0, 0.05) is 21.8 Å². The molecule has 0 saturated heterocycles. The number of carbonyl (C=O) groups is 3. The first-order valence-corrected chi connectivity index (χ1v) is 9.82. The molecule has 7 heteroatoms. The molecular formula is C20H23NO5S. The van der Waals surface area contributed by atoms with Gasteiger partial charge in [0.05, 0.1) is 25.2 Å². The molecule has 2 heterocycles. The average Bonchev–Trinajstić information content (AvgIpc) is 3.14. The number of esters is 2. The predicted octanol–water partition coefficient (Wildman–Crippen LogP) is 2.92. The van der Waals surface area contributed by atoms with E-state index in [2.05, 4.69) is 5.32 Å². The largest absolute Gasteiger partial charge is 0.468 e. The smallest absolute Gasteiger partial charge is 0.336 e. The molecule has 6 nitrogen and oxygen atoms in total. The van der Waals surface area contributed by atoms with Crippen LogP contribution in [0.2, 0.25) is 0 Å². The highest BCUT2D eigenvalue weighted by atomic mass is 32.1. The van der Waals surface area contributed by atoms with Crippen LogP contribution in [0.25, 0.3) is 0 Å². The fourth-order valence-electron chi connectivity index (χ4n) is 3.90. The molecule has 0 radical (unpaired) electrons. The molecule has 0 aromatic carbocycles. The second-order valence-electron chi connectivity index (χ2n) is 6.77. The highest BCUT2D eigenvalue weighted by Gasteiger charge is 2.47. The summed E-state index contributed by atoms with van der Waals surface area (Å²) in [4.78, 5) is 39.2. The van der Waals surface area contributed by atoms with E-state index in [1.165, 1.54) is 18.4 Å². The topological polar surface area (TPSA) is 81.7 Å². The van der Waals surface area contributed by atoms with Crippen LogP contribution in [0, 0.1) is 11.8 Å². The average molecular weight is 389 g/mol. The van der Waals surface area contributed by atoms with E-state index in [9.17, 15) is 14.4 Å². The summed E-state index contributed by atoms with van der Waals surface area (Å²) in [5.41, 5.74) is 2.35. The van der Waals surface area contributed by atoms with Crippen molar-refractivity contribution >= 4 is 29.1 Å². The molecule has 3 rings (SSSR count). The molecular weight excluding hydrogens is 366 g/mol. The summed E-state index contributed by atoms with van der Waals surface area (Å²) in [7, 11) is 1.29. The SMILES string of the molecule is CCOC(=O)C1=C(C)NC2=C(C(=O)[C@H](C(=O)OC)[C@@H](C)C2)[C@H]1c1cccs1. The lowest BCUT2D eigenvalue weighted by Crippen LogP contribution is -2.43. The maximum atomic E-state index is 13.3. The van der Waals surface area contributed by atoms with E-state index in [1.807, 2.05) is 31.4 Å². The molecule has 1 aliphatic heterocycles. The van der Waals surface area contributed by atoms with Gasteiger partial charge >= 0.3 is 11.9 Å². The molecule has 0 spiro atoms. The Hall–Kier alpha value is -2.41. The number of hydrogen-bond donors (Lipinski definition) is 1. The number of nitrogens with one attached hydrogen (secondary N) is 1. The Morgan fingerprint density at radius 2 is 2.11 bits per heavy atom. The van der Waals surface area contributed by atoms with Gasteiger partial charge in [-0.1, -0.05) is 13.0 Å². The summed E-state index contributed by atoms with van der Waals surface area (Å²) in [5, 5.41) is 5.13. The number of ether oxygens (including phenoxy) is 2. The molecule has 3 atom stereocenters. The number of allylic oxidation sites excluding steroid dienone is 3. The Morgan fingerprint density at radius 3 is 2.70 bits per heavy atom. The van der Waals surface area contributed by atoms with Crippen molar-refractivity contribution in [3.05, 3.63) is 44.9 Å². The first-order valence-electron chi connectivity index (χ1n) is 8.94. The Morgan fingerprint density at radius 1 is 1.37 bits per heavy atom. The van der Waals surface area contributed by atoms with Gasteiger partial charge in [-0.2, -0.15) is 0 Å². The fourth-order valence-corrected chi connectivity index (χ4v) is 4.74. The van der Waals surface area contributed by atoms with Crippen molar-refractivity contribution in [3.63, 3.8) is 0 Å². The van der Waals surface area contributed by atoms with Gasteiger partial charge in [0.2, 0.25) is 0 Å². The van der Waals surface area contributed by atoms with Gasteiger partial charge in [-0.3, -0.25) is 9.59 Å². The zero-order valence-corrected chi connectivity index (χ0v) is 16.6. The quantitative estimate of drug-likeness (QED) is 0.630. The molecule has 27 heavy (non-hydrogen) atoms. The van der Waals surface area contributed by atoms with Crippen molar-refractivity contribution in [1.82, 2.24) is 5.32 Å². The van der Waals surface area contributed by atoms with Crippen LogP contribution >= 0.6 is 11.3 Å². The lowest BCUT2D eigenvalue weighted by atomic mass is 9.70. The lowest BCUT2D eigenvalue weighted by molar-refractivity contribution is -0.151. The first-order chi connectivity index (χ1) is 12.9. The minimum absolute atomic E-state index is 0.183. The second-order valence-corrected chi connectivity index (χ2v) is 7.75. The van der Waals surface area contributed by atoms with Gasteiger partial charge in [-0.15, -0.1) is 11.3 Å². The molecule has 2 aliphatic rings. The van der Waals surface area contributed by atoms with Gasteiger partial charge in [0.15, 0.2) is 5.78 Å². The summed E-state index contributed by atoms with van der Waals surface area (Å²) in [6.07, 6.45) is 0.538. The molecule has 1 aromatic heterocycles. The monoisotopic (exact) mass is 389 g/mol. The molecule has 1 aromatic rings. The van der Waals surface area contributed by atoms with E-state index >= 15 is 0 Å². The van der Waals surface area contributed by atoms with Crippen molar-refractivity contribution in [2.24, 2.45) is 11.8 Å². The lowest BCUT2D eigenvalue weighted by Gasteiger charge is -2.37. The highest BCUT2D eigenvalue weighted by molar-refractivity contribution is 7.10. The molecule has 0 bridgehead atoms. The highest BCUT2D eigenvalue weighted by Crippen LogP contribution is 2.46. The van der Waals surface area contributed by atoms with Crippen LogP contribution in [-0.2, 0) is 23.9 Å². The van der Waals surface area contributed by atoms with Crippen LogP contribution in [0.5, 0.6) is 0 Å². The number of Topliss-reactive ketones (excluding diaryl/α,β-unsaturated/α-hetero) is 1. The van der Waals surface area contributed by atoms with Gasteiger partial charge in [-0.25, -0.2) is 4.79 Å². The minimum atomic E-state index is -0.861. The van der Waals surface area contributed by atoms with Crippen molar-refractivity contribution in [1.29, 1.82) is 0 Å². The van der Waals surface area contributed by atoms with Crippen LogP contribution in [-0.4, -0.2) is 31.4 Å². The molecule has 144 valence electrons. The number of carbonyl (C=O) groups excluding carboxylic acids is 3. The molecule has 1 aliphatic carbocycles. The Kier molecular flexibility index (Phi) is 5.51. The van der Waals surface area contributed by atoms with Crippen LogP contribution in [0.3, 0.4) is 0 Å². The molecule has 0 fully saturated rings. The number of ketones is 1. The van der Waals surface area contributed by atoms with Crippen molar-refractivity contribution in [3.8, 4) is 0 Å². The van der Waals surface area contributed by atoms with E-state index in [-0.39, 0.29) is 18.3 Å². The van der Waals surface area contributed by atoms with Crippen LogP contribution in [0.1, 0.15) is 38.0 Å². The molecule has 1 N–H and O–H groups in total. The normalized spacial score (nSPS) is 25.0. The van der Waals surface area contributed by atoms with Crippen LogP contribution in [0.15, 0.2) is 40.1 Å². The Balaban J connectivity index is 2.14. The third-order valence-electron chi connectivity index (χ3n) is 5.07. The summed E-state index contributed by atoms with van der Waals surface area (Å²) in [5.74, 6) is -2.85. The summed E-state index contributed by atoms with van der Waals surface area (Å²) >= 11 is 1.47. The van der Waals surface area contributed by atoms with Crippen molar-refractivity contribution in [2.75, 3.05) is 13.7 Å². The van der Waals surface area contributed by atoms with E-state index in [1.54, 1.807) is 6.92 Å². The van der Waals surface area contributed by atoms with E-state index in [0.717, 1.165) is 10.6 Å². The maximum absolute atomic E-state index is 13.3. The maximum Gasteiger partial charge on any atom is 0.336 e. The van der Waals surface area contributed by atoms with Gasteiger partial charge < -0.3 is 14.8 Å². The number of rotatable bonds is 4.